The number of nitrogens with zero attached hydrogens (tertiary/aromatic N) is 5. The van der Waals surface area contributed by atoms with Crippen LogP contribution in [0.4, 0.5) is 20.9 Å². The first-order chi connectivity index (χ1) is 19.7. The predicted molar refractivity (Wildman–Crippen MR) is 152 cm³/mol. The van der Waals surface area contributed by atoms with Crippen molar-refractivity contribution in [1.82, 2.24) is 10.2 Å². The van der Waals surface area contributed by atoms with Crippen LogP contribution in [0.3, 0.4) is 0 Å². The Kier molecular flexibility index (Phi) is 8.02. The van der Waals surface area contributed by atoms with E-state index in [-0.39, 0.29) is 39.3 Å². The van der Waals surface area contributed by atoms with Crippen LogP contribution in [-0.4, -0.2) is 32.6 Å². The summed E-state index contributed by atoms with van der Waals surface area (Å²) in [5.74, 6) is -1.69. The van der Waals surface area contributed by atoms with Gasteiger partial charge in [0.25, 0.3) is 5.69 Å². The van der Waals surface area contributed by atoms with E-state index in [0.717, 1.165) is 23.1 Å². The van der Waals surface area contributed by atoms with E-state index in [1.54, 1.807) is 17.0 Å². The van der Waals surface area contributed by atoms with Crippen molar-refractivity contribution in [3.05, 3.63) is 91.6 Å². The highest BCUT2D eigenvalue weighted by Crippen LogP contribution is 2.47. The maximum absolute atomic E-state index is 13.6. The molecule has 208 valence electrons. The summed E-state index contributed by atoms with van der Waals surface area (Å²) in [4.78, 5) is 37.7. The van der Waals surface area contributed by atoms with Crippen LogP contribution in [0.25, 0.3) is 0 Å². The van der Waals surface area contributed by atoms with Gasteiger partial charge in [0.15, 0.2) is 10.1 Å². The Hall–Kier alpha value is -4.32. The Morgan fingerprint density at radius 3 is 2.76 bits per heavy atom. The second kappa shape index (κ2) is 11.7. The van der Waals surface area contributed by atoms with Crippen molar-refractivity contribution in [2.75, 3.05) is 16.0 Å². The lowest BCUT2D eigenvalue weighted by atomic mass is 9.76. The molecule has 15 heteroatoms. The van der Waals surface area contributed by atoms with E-state index in [2.05, 4.69) is 21.6 Å². The number of amides is 1. The minimum atomic E-state index is -0.728. The summed E-state index contributed by atoms with van der Waals surface area (Å²) in [6.07, 6.45) is 1.41. The molecule has 2 heterocycles. The van der Waals surface area contributed by atoms with Crippen molar-refractivity contribution < 1.29 is 18.9 Å². The van der Waals surface area contributed by atoms with Crippen LogP contribution in [0.2, 0.25) is 5.02 Å². The molecule has 41 heavy (non-hydrogen) atoms. The van der Waals surface area contributed by atoms with E-state index in [0.29, 0.717) is 45.6 Å². The number of nitro benzene ring substituents is 1. The lowest BCUT2D eigenvalue weighted by Crippen LogP contribution is -2.38. The first-order valence-corrected chi connectivity index (χ1v) is 14.3. The molecular weight excluding hydrogens is 593 g/mol. The molecule has 3 aromatic rings. The minimum Gasteiger partial charge on any atom is -0.384 e. The number of nitrogens with two attached hydrogens (primary N) is 1. The molecule has 1 aromatic heterocycles. The number of hydrogen-bond donors (Lipinski definition) is 2. The lowest BCUT2D eigenvalue weighted by Gasteiger charge is -2.38. The molecule has 1 atom stereocenters. The van der Waals surface area contributed by atoms with Crippen molar-refractivity contribution in [2.45, 2.75) is 29.5 Å². The first-order valence-electron chi connectivity index (χ1n) is 12.1. The van der Waals surface area contributed by atoms with Gasteiger partial charge in [0.05, 0.1) is 28.2 Å². The summed E-state index contributed by atoms with van der Waals surface area (Å²) in [5.41, 5.74) is 8.17. The number of ketones is 1. The van der Waals surface area contributed by atoms with Crippen molar-refractivity contribution in [3.63, 3.8) is 0 Å². The predicted octanol–water partition coefficient (Wildman–Crippen LogP) is 5.27. The summed E-state index contributed by atoms with van der Waals surface area (Å²) < 4.78 is 14.1. The third kappa shape index (κ3) is 5.64. The van der Waals surface area contributed by atoms with Crippen LogP contribution in [0.1, 0.15) is 30.7 Å². The number of Topliss-reactive ketones (excluding diaryl/α,β-unsaturated/α-hetero) is 1. The summed E-state index contributed by atoms with van der Waals surface area (Å²) >= 11 is 8.04. The maximum atomic E-state index is 13.6. The van der Waals surface area contributed by atoms with Crippen molar-refractivity contribution in [3.8, 4) is 6.07 Å². The summed E-state index contributed by atoms with van der Waals surface area (Å²) in [7, 11) is 0. The van der Waals surface area contributed by atoms with Gasteiger partial charge in [0, 0.05) is 29.4 Å². The fourth-order valence-electron chi connectivity index (χ4n) is 4.70. The number of allylic oxidation sites excluding steroid dienone is 3. The van der Waals surface area contributed by atoms with Gasteiger partial charge in [0.2, 0.25) is 11.0 Å². The minimum absolute atomic E-state index is 0.0451. The largest absolute Gasteiger partial charge is 0.384 e. The zero-order chi connectivity index (χ0) is 29.3. The van der Waals surface area contributed by atoms with Gasteiger partial charge in [-0.3, -0.25) is 24.6 Å². The number of halogens is 2. The van der Waals surface area contributed by atoms with Crippen molar-refractivity contribution >= 4 is 62.9 Å². The third-order valence-electron chi connectivity index (χ3n) is 6.46. The number of carbonyl (C=O) groups is 2. The molecule has 1 aliphatic heterocycles. The Labute approximate surface area is 245 Å². The number of thioether (sulfide) groups is 1. The Morgan fingerprint density at radius 1 is 1.29 bits per heavy atom. The molecule has 5 rings (SSSR count). The second-order valence-corrected chi connectivity index (χ2v) is 11.6. The average molecular weight is 612 g/mol. The zero-order valence-corrected chi connectivity index (χ0v) is 23.4. The van der Waals surface area contributed by atoms with Gasteiger partial charge in [0.1, 0.15) is 16.7 Å². The molecule has 0 spiro atoms. The number of benzene rings is 2. The molecule has 11 nitrogen and oxygen atoms in total. The Morgan fingerprint density at radius 2 is 2.05 bits per heavy atom. The molecule has 3 N–H and O–H groups in total. The van der Waals surface area contributed by atoms with E-state index >= 15 is 0 Å². The van der Waals surface area contributed by atoms with Gasteiger partial charge in [-0.05, 0) is 42.7 Å². The number of anilines is 2. The van der Waals surface area contributed by atoms with E-state index in [4.69, 9.17) is 17.3 Å². The molecule has 1 amide bonds. The van der Waals surface area contributed by atoms with Crippen LogP contribution < -0.4 is 16.0 Å². The van der Waals surface area contributed by atoms with E-state index in [1.807, 2.05) is 0 Å². The monoisotopic (exact) mass is 611 g/mol. The zero-order valence-electron chi connectivity index (χ0n) is 21.0. The van der Waals surface area contributed by atoms with E-state index < -0.39 is 22.6 Å². The number of nitrogens with one attached hydrogen (secondary N) is 1. The summed E-state index contributed by atoms with van der Waals surface area (Å²) in [6, 6.07) is 11.7. The van der Waals surface area contributed by atoms with Crippen LogP contribution in [0.5, 0.6) is 0 Å². The van der Waals surface area contributed by atoms with Crippen molar-refractivity contribution in [2.24, 2.45) is 5.73 Å². The van der Waals surface area contributed by atoms with Crippen LogP contribution in [0, 0.1) is 27.3 Å². The molecule has 1 aliphatic carbocycles. The number of aromatic nitrogens is 2. The number of carbonyl (C=O) groups excluding carboxylic acids is 2. The molecular formula is C26H19ClFN7O4S2. The first kappa shape index (κ1) is 28.2. The van der Waals surface area contributed by atoms with Gasteiger partial charge in [-0.15, -0.1) is 10.2 Å². The maximum Gasteiger partial charge on any atom is 0.289 e. The standard InChI is InChI=1S/C26H19ClFN7O4S2/c27-17-9-8-15(10-19(17)35(38)39)31-21(37)12-40-26-33-32-25(41-26)34-18-2-1-3-20(36)23(18)22(16(11-29)24(34)30)13-4-6-14(28)7-5-13/h4-10,22H,1-3,12,30H2,(H,31,37). The summed E-state index contributed by atoms with van der Waals surface area (Å²) in [5, 5.41) is 32.4. The van der Waals surface area contributed by atoms with E-state index in [1.165, 1.54) is 30.3 Å². The molecule has 0 radical (unpaired) electrons. The summed E-state index contributed by atoms with van der Waals surface area (Å²) in [6.45, 7) is 0. The molecule has 0 bridgehead atoms. The highest BCUT2D eigenvalue weighted by atomic mass is 35.5. The van der Waals surface area contributed by atoms with Crippen LogP contribution in [0.15, 0.2) is 69.5 Å². The lowest BCUT2D eigenvalue weighted by molar-refractivity contribution is -0.384. The Bertz CT molecular complexity index is 1680. The number of nitriles is 1. The molecule has 0 saturated heterocycles. The number of hydrogen-bond acceptors (Lipinski definition) is 11. The van der Waals surface area contributed by atoms with Gasteiger partial charge < -0.3 is 11.1 Å². The molecule has 0 fully saturated rings. The van der Waals surface area contributed by atoms with Crippen LogP contribution >= 0.6 is 34.7 Å². The SMILES string of the molecule is N#CC1=C(N)N(c2nnc(SCC(=O)Nc3ccc(Cl)c([N+](=O)[O-])c3)s2)C2=C(C(=O)CCC2)C1c1ccc(F)cc1. The van der Waals surface area contributed by atoms with Crippen molar-refractivity contribution in [1.29, 1.82) is 5.26 Å². The molecule has 0 saturated carbocycles. The van der Waals surface area contributed by atoms with Gasteiger partial charge in [-0.25, -0.2) is 4.39 Å². The highest BCUT2D eigenvalue weighted by Gasteiger charge is 2.41. The topological polar surface area (TPSA) is 168 Å². The number of nitro groups is 1. The highest BCUT2D eigenvalue weighted by molar-refractivity contribution is 8.01. The Balaban J connectivity index is 1.38. The molecule has 2 aromatic carbocycles. The third-order valence-corrected chi connectivity index (χ3v) is 8.82. The van der Waals surface area contributed by atoms with Gasteiger partial charge in [-0.1, -0.05) is 46.8 Å². The van der Waals surface area contributed by atoms with Gasteiger partial charge in [-0.2, -0.15) is 5.26 Å². The molecule has 1 unspecified atom stereocenters. The normalized spacial score (nSPS) is 16.9. The quantitative estimate of drug-likeness (QED) is 0.204. The fraction of sp³-hybridized carbons (Fsp3) is 0.192. The number of rotatable bonds is 7. The van der Waals surface area contributed by atoms with Gasteiger partial charge >= 0.3 is 0 Å². The van der Waals surface area contributed by atoms with Crippen LogP contribution in [-0.2, 0) is 9.59 Å². The smallest absolute Gasteiger partial charge is 0.289 e. The molecule has 2 aliphatic rings. The fourth-order valence-corrected chi connectivity index (χ4v) is 6.57. The van der Waals surface area contributed by atoms with E-state index in [9.17, 15) is 29.4 Å². The second-order valence-electron chi connectivity index (χ2n) is 8.98. The average Bonchev–Trinajstić information content (AvgIpc) is 3.41.